The number of rotatable bonds is 7. The number of fused-ring (bicyclic) bond motifs is 1. The summed E-state index contributed by atoms with van der Waals surface area (Å²) >= 11 is 1.39. The van der Waals surface area contributed by atoms with Gasteiger partial charge in [0.1, 0.15) is 6.54 Å². The zero-order valence-corrected chi connectivity index (χ0v) is 18.9. The Labute approximate surface area is 199 Å². The topological polar surface area (TPSA) is 94.7 Å². The molecule has 5 aromatic rings. The quantitative estimate of drug-likeness (QED) is 0.288. The van der Waals surface area contributed by atoms with Crippen molar-refractivity contribution in [2.24, 2.45) is 0 Å². The minimum atomic E-state index is -0.190. The molecule has 0 atom stereocenters. The molecule has 0 aliphatic rings. The third kappa shape index (κ3) is 4.74. The molecule has 2 aromatic heterocycles. The highest BCUT2D eigenvalue weighted by molar-refractivity contribution is 7.98. The molecule has 0 saturated heterocycles. The fraction of sp³-hybridized carbons (Fsp3) is 0.0800. The summed E-state index contributed by atoms with van der Waals surface area (Å²) in [6.45, 7) is 0.0511. The number of benzene rings is 3. The summed E-state index contributed by atoms with van der Waals surface area (Å²) in [6, 6.07) is 26.0. The Kier molecular flexibility index (Phi) is 6.17. The van der Waals surface area contributed by atoms with Crippen LogP contribution in [-0.2, 0) is 17.1 Å². The fourth-order valence-electron chi connectivity index (χ4n) is 3.50. The van der Waals surface area contributed by atoms with E-state index in [9.17, 15) is 9.59 Å². The Balaban J connectivity index is 1.35. The minimum absolute atomic E-state index is 0.0511. The van der Waals surface area contributed by atoms with Gasteiger partial charge >= 0.3 is 0 Å². The highest BCUT2D eigenvalue weighted by Gasteiger charge is 2.14. The van der Waals surface area contributed by atoms with E-state index in [0.717, 1.165) is 11.4 Å². The Bertz CT molecular complexity index is 1500. The van der Waals surface area contributed by atoms with Crippen LogP contribution in [0.1, 0.15) is 5.69 Å². The van der Waals surface area contributed by atoms with Crippen LogP contribution in [0.2, 0.25) is 0 Å². The Morgan fingerprint density at radius 3 is 2.41 bits per heavy atom. The van der Waals surface area contributed by atoms with Crippen LogP contribution in [0.5, 0.6) is 0 Å². The average molecular weight is 469 g/mol. The fourth-order valence-corrected chi connectivity index (χ4v) is 4.39. The van der Waals surface area contributed by atoms with Gasteiger partial charge < -0.3 is 5.32 Å². The lowest BCUT2D eigenvalue weighted by molar-refractivity contribution is -0.116. The molecule has 0 spiro atoms. The lowest BCUT2D eigenvalue weighted by atomic mass is 10.2. The second kappa shape index (κ2) is 9.72. The maximum atomic E-state index is 13.3. The normalized spacial score (nSPS) is 10.9. The molecule has 0 saturated carbocycles. The van der Waals surface area contributed by atoms with Crippen molar-refractivity contribution in [2.45, 2.75) is 17.5 Å². The zero-order valence-electron chi connectivity index (χ0n) is 18.0. The summed E-state index contributed by atoms with van der Waals surface area (Å²) in [4.78, 5) is 30.3. The lowest BCUT2D eigenvalue weighted by Crippen LogP contribution is -2.21. The number of carbonyl (C=O) groups excluding carboxylic acids is 1. The Morgan fingerprint density at radius 1 is 0.912 bits per heavy atom. The molecule has 3 aromatic carbocycles. The van der Waals surface area contributed by atoms with Crippen LogP contribution in [0.4, 0.5) is 5.69 Å². The molecule has 1 amide bonds. The molecule has 1 N–H and O–H groups in total. The Hall–Kier alpha value is -4.24. The number of aromatic nitrogens is 5. The van der Waals surface area contributed by atoms with E-state index in [1.54, 1.807) is 16.8 Å². The van der Waals surface area contributed by atoms with Crippen molar-refractivity contribution in [3.05, 3.63) is 107 Å². The summed E-state index contributed by atoms with van der Waals surface area (Å²) in [5, 5.41) is 12.2. The lowest BCUT2D eigenvalue weighted by Gasteiger charge is -2.12. The molecule has 8 nitrogen and oxygen atoms in total. The second-order valence-corrected chi connectivity index (χ2v) is 8.44. The first-order valence-corrected chi connectivity index (χ1v) is 11.6. The van der Waals surface area contributed by atoms with E-state index in [4.69, 9.17) is 4.98 Å². The monoisotopic (exact) mass is 468 g/mol. The number of anilines is 1. The first kappa shape index (κ1) is 21.6. The van der Waals surface area contributed by atoms with E-state index in [-0.39, 0.29) is 18.0 Å². The third-order valence-electron chi connectivity index (χ3n) is 5.06. The first-order chi connectivity index (χ1) is 16.7. The molecule has 0 fully saturated rings. The van der Waals surface area contributed by atoms with Crippen LogP contribution in [-0.4, -0.2) is 30.5 Å². The predicted molar refractivity (Wildman–Crippen MR) is 132 cm³/mol. The smallest absolute Gasteiger partial charge is 0.266 e. The van der Waals surface area contributed by atoms with Gasteiger partial charge in [0.15, 0.2) is 5.16 Å². The largest absolute Gasteiger partial charge is 0.324 e. The van der Waals surface area contributed by atoms with E-state index in [1.165, 1.54) is 16.4 Å². The molecule has 0 bridgehead atoms. The van der Waals surface area contributed by atoms with E-state index >= 15 is 0 Å². The third-order valence-corrected chi connectivity index (χ3v) is 6.03. The molecule has 2 heterocycles. The van der Waals surface area contributed by atoms with Crippen LogP contribution in [0, 0.1) is 0 Å². The van der Waals surface area contributed by atoms with E-state index < -0.39 is 0 Å². The highest BCUT2D eigenvalue weighted by atomic mass is 32.2. The van der Waals surface area contributed by atoms with E-state index in [0.29, 0.717) is 27.5 Å². The number of amides is 1. The summed E-state index contributed by atoms with van der Waals surface area (Å²) < 4.78 is 3.11. The van der Waals surface area contributed by atoms with Crippen molar-refractivity contribution in [2.75, 3.05) is 5.32 Å². The van der Waals surface area contributed by atoms with Gasteiger partial charge in [-0.15, -0.1) is 5.10 Å². The van der Waals surface area contributed by atoms with E-state index in [2.05, 4.69) is 15.6 Å². The van der Waals surface area contributed by atoms with Gasteiger partial charge in [0.25, 0.3) is 5.56 Å². The van der Waals surface area contributed by atoms with Crippen molar-refractivity contribution in [1.82, 2.24) is 24.5 Å². The van der Waals surface area contributed by atoms with Crippen LogP contribution < -0.4 is 10.9 Å². The molecule has 34 heavy (non-hydrogen) atoms. The van der Waals surface area contributed by atoms with Crippen LogP contribution in [0.3, 0.4) is 0 Å². The van der Waals surface area contributed by atoms with Gasteiger partial charge in [-0.2, -0.15) is 0 Å². The zero-order chi connectivity index (χ0) is 23.3. The van der Waals surface area contributed by atoms with Crippen LogP contribution in [0.25, 0.3) is 16.6 Å². The maximum absolute atomic E-state index is 13.3. The first-order valence-electron chi connectivity index (χ1n) is 10.6. The standard InChI is InChI=1S/C25H20N6O2S/c32-23(26-18-9-3-1-4-10-18)16-30-15-19(28-29-30)17-34-25-27-22-14-8-7-13-21(22)24(33)31(25)20-11-5-2-6-12-20/h1-15H,16-17H2,(H,26,32). The van der Waals surface area contributed by atoms with Crippen molar-refractivity contribution in [3.63, 3.8) is 0 Å². The van der Waals surface area contributed by atoms with Gasteiger partial charge in [-0.1, -0.05) is 65.5 Å². The van der Waals surface area contributed by atoms with Crippen molar-refractivity contribution < 1.29 is 4.79 Å². The molecule has 0 aliphatic heterocycles. The predicted octanol–water partition coefficient (Wildman–Crippen LogP) is 3.91. The number of para-hydroxylation sites is 3. The maximum Gasteiger partial charge on any atom is 0.266 e. The van der Waals surface area contributed by atoms with Crippen molar-refractivity contribution >= 4 is 34.3 Å². The summed E-state index contributed by atoms with van der Waals surface area (Å²) in [7, 11) is 0. The number of hydrogen-bond acceptors (Lipinski definition) is 6. The van der Waals surface area contributed by atoms with Crippen LogP contribution in [0.15, 0.2) is 101 Å². The number of nitrogens with zero attached hydrogens (tertiary/aromatic N) is 5. The van der Waals surface area contributed by atoms with Crippen molar-refractivity contribution in [1.29, 1.82) is 0 Å². The highest BCUT2D eigenvalue weighted by Crippen LogP contribution is 2.24. The Morgan fingerprint density at radius 2 is 1.62 bits per heavy atom. The molecule has 0 radical (unpaired) electrons. The average Bonchev–Trinajstić information content (AvgIpc) is 3.31. The number of nitrogens with one attached hydrogen (secondary N) is 1. The SMILES string of the molecule is O=C(Cn1cc(CSc2nc3ccccc3c(=O)n2-c2ccccc2)nn1)Nc1ccccc1. The van der Waals surface area contributed by atoms with Crippen molar-refractivity contribution in [3.8, 4) is 5.69 Å². The van der Waals surface area contributed by atoms with Crippen LogP contribution >= 0.6 is 11.8 Å². The molecular formula is C25H20N6O2S. The summed E-state index contributed by atoms with van der Waals surface area (Å²) in [5.74, 6) is 0.252. The van der Waals surface area contributed by atoms with Gasteiger partial charge in [-0.25, -0.2) is 9.67 Å². The second-order valence-electron chi connectivity index (χ2n) is 7.50. The molecule has 0 aliphatic carbocycles. The van der Waals surface area contributed by atoms with Gasteiger partial charge in [0.2, 0.25) is 5.91 Å². The van der Waals surface area contributed by atoms with Gasteiger partial charge in [-0.3, -0.25) is 14.2 Å². The number of carbonyl (C=O) groups is 1. The number of hydrogen-bond donors (Lipinski definition) is 1. The molecule has 5 rings (SSSR count). The van der Waals surface area contributed by atoms with Gasteiger partial charge in [-0.05, 0) is 36.4 Å². The molecule has 168 valence electrons. The minimum Gasteiger partial charge on any atom is -0.324 e. The molecule has 9 heteroatoms. The van der Waals surface area contributed by atoms with E-state index in [1.807, 2.05) is 78.9 Å². The molecule has 0 unspecified atom stereocenters. The van der Waals surface area contributed by atoms with Gasteiger partial charge in [0.05, 0.1) is 22.3 Å². The number of thioether (sulfide) groups is 1. The summed E-state index contributed by atoms with van der Waals surface area (Å²) in [6.07, 6.45) is 1.73. The van der Waals surface area contributed by atoms with Gasteiger partial charge in [0, 0.05) is 17.6 Å². The molecular weight excluding hydrogens is 448 g/mol. The summed E-state index contributed by atoms with van der Waals surface area (Å²) in [5.41, 5.74) is 2.67.